The Kier molecular flexibility index (Phi) is 16.2. The van der Waals surface area contributed by atoms with E-state index in [1.807, 2.05) is 32.1 Å². The predicted octanol–water partition coefficient (Wildman–Crippen LogP) is 10.6. The molecule has 1 saturated carbocycles. The molecule has 0 aromatic heterocycles. The van der Waals surface area contributed by atoms with Gasteiger partial charge in [0, 0.05) is 17.1 Å². The Morgan fingerprint density at radius 1 is 1.11 bits per heavy atom. The van der Waals surface area contributed by atoms with Crippen LogP contribution in [0.15, 0.2) is 77.3 Å². The lowest BCUT2D eigenvalue weighted by atomic mass is 9.83. The first-order chi connectivity index (χ1) is 18.0. The fourth-order valence-electron chi connectivity index (χ4n) is 4.51. The van der Waals surface area contributed by atoms with Gasteiger partial charge < -0.3 is 15.2 Å². The fourth-order valence-corrected chi connectivity index (χ4v) is 4.76. The molecule has 0 saturated heterocycles. The molecule has 1 aromatic carbocycles. The molecule has 1 aliphatic carbocycles. The maximum absolute atomic E-state index is 9.42. The van der Waals surface area contributed by atoms with Crippen molar-refractivity contribution >= 4 is 23.3 Å². The highest BCUT2D eigenvalue weighted by atomic mass is 35.5. The molecule has 4 nitrogen and oxygen atoms in total. The van der Waals surface area contributed by atoms with E-state index < -0.39 is 0 Å². The number of nitrogens with zero attached hydrogens (tertiary/aromatic N) is 1. The van der Waals surface area contributed by atoms with Gasteiger partial charge in [-0.2, -0.15) is 0 Å². The van der Waals surface area contributed by atoms with E-state index in [2.05, 4.69) is 55.0 Å². The molecule has 1 aliphatic heterocycles. The molecule has 1 heterocycles. The molecule has 3 rings (SSSR count). The number of rotatable bonds is 10. The summed E-state index contributed by atoms with van der Waals surface area (Å²) in [7, 11) is 0. The van der Waals surface area contributed by atoms with Gasteiger partial charge in [-0.1, -0.05) is 103 Å². The summed E-state index contributed by atoms with van der Waals surface area (Å²) in [4.78, 5) is 4.56. The van der Waals surface area contributed by atoms with Crippen molar-refractivity contribution in [3.05, 3.63) is 88.4 Å². The Balaban J connectivity index is 0.00000235. The minimum absolute atomic E-state index is 0. The minimum atomic E-state index is 0. The summed E-state index contributed by atoms with van der Waals surface area (Å²) < 4.78 is 5.94. The SMILES string of the molecule is C.C=C(O)C/C=C(\C=C/CC)OC1=NCc2cc(C/C=C\C(=C/CC)C3CCCCC3)c(Cl)cc2N1.CC. The molecule has 0 atom stereocenters. The van der Waals surface area contributed by atoms with Gasteiger partial charge in [0.25, 0.3) is 6.02 Å². The number of fused-ring (bicyclic) bond motifs is 1. The molecule has 1 fully saturated rings. The first kappa shape index (κ1) is 33.3. The van der Waals surface area contributed by atoms with Gasteiger partial charge in [0.1, 0.15) is 5.76 Å². The second-order valence-electron chi connectivity index (χ2n) is 9.19. The third-order valence-electron chi connectivity index (χ3n) is 6.34. The molecule has 2 N–H and O–H groups in total. The molecule has 2 aliphatic rings. The van der Waals surface area contributed by atoms with Crippen molar-refractivity contribution in [1.82, 2.24) is 0 Å². The van der Waals surface area contributed by atoms with Crippen LogP contribution in [0.1, 0.15) is 97.6 Å². The van der Waals surface area contributed by atoms with Gasteiger partial charge in [-0.3, -0.25) is 0 Å². The Bertz CT molecular complexity index is 1030. The third-order valence-corrected chi connectivity index (χ3v) is 6.69. The van der Waals surface area contributed by atoms with E-state index in [4.69, 9.17) is 16.3 Å². The number of aliphatic imine (C=N–C) groups is 1. The van der Waals surface area contributed by atoms with Crippen molar-refractivity contribution in [3.63, 3.8) is 0 Å². The van der Waals surface area contributed by atoms with E-state index in [-0.39, 0.29) is 13.2 Å². The molecule has 5 heteroatoms. The number of halogens is 1. The fraction of sp³-hybridized carbons (Fsp3) is 0.485. The lowest BCUT2D eigenvalue weighted by Gasteiger charge is -2.23. The Labute approximate surface area is 236 Å². The van der Waals surface area contributed by atoms with Crippen LogP contribution >= 0.6 is 11.6 Å². The average molecular weight is 541 g/mol. The van der Waals surface area contributed by atoms with E-state index in [0.717, 1.165) is 41.1 Å². The quantitative estimate of drug-likeness (QED) is 0.229. The highest BCUT2D eigenvalue weighted by molar-refractivity contribution is 6.31. The summed E-state index contributed by atoms with van der Waals surface area (Å²) in [6.07, 6.45) is 22.4. The van der Waals surface area contributed by atoms with Crippen LogP contribution in [0.5, 0.6) is 0 Å². The number of amidine groups is 1. The van der Waals surface area contributed by atoms with Crippen LogP contribution in [0.4, 0.5) is 5.69 Å². The molecule has 0 bridgehead atoms. The zero-order valence-electron chi connectivity index (χ0n) is 23.2. The molecule has 0 amide bonds. The van der Waals surface area contributed by atoms with Crippen LogP contribution in [0, 0.1) is 5.92 Å². The van der Waals surface area contributed by atoms with Gasteiger partial charge in [0.05, 0.1) is 12.3 Å². The van der Waals surface area contributed by atoms with Crippen molar-refractivity contribution in [1.29, 1.82) is 0 Å². The molecule has 0 unspecified atom stereocenters. The Morgan fingerprint density at radius 2 is 1.84 bits per heavy atom. The van der Waals surface area contributed by atoms with Crippen molar-refractivity contribution in [2.75, 3.05) is 5.32 Å². The lowest BCUT2D eigenvalue weighted by Crippen LogP contribution is -2.20. The maximum atomic E-state index is 9.42. The van der Waals surface area contributed by atoms with E-state index in [1.165, 1.54) is 37.7 Å². The smallest absolute Gasteiger partial charge is 0.295 e. The molecular formula is C33H49ClN2O2. The largest absolute Gasteiger partial charge is 0.513 e. The number of hydrogen-bond donors (Lipinski definition) is 2. The number of anilines is 1. The van der Waals surface area contributed by atoms with Crippen LogP contribution in [-0.4, -0.2) is 11.1 Å². The highest BCUT2D eigenvalue weighted by Crippen LogP contribution is 2.32. The molecule has 1 aromatic rings. The second kappa shape index (κ2) is 18.5. The van der Waals surface area contributed by atoms with Gasteiger partial charge in [-0.05, 0) is 72.9 Å². The Hall–Kier alpha value is -2.72. The summed E-state index contributed by atoms with van der Waals surface area (Å²) in [5, 5.41) is 13.4. The van der Waals surface area contributed by atoms with Crippen LogP contribution in [0.25, 0.3) is 0 Å². The number of allylic oxidation sites excluding steroid dienone is 7. The summed E-state index contributed by atoms with van der Waals surface area (Å²) in [5.74, 6) is 1.40. The van der Waals surface area contributed by atoms with E-state index in [1.54, 1.807) is 6.08 Å². The number of hydrogen-bond acceptors (Lipinski definition) is 4. The first-order valence-electron chi connectivity index (χ1n) is 13.9. The maximum Gasteiger partial charge on any atom is 0.295 e. The summed E-state index contributed by atoms with van der Waals surface area (Å²) in [6, 6.07) is 4.52. The van der Waals surface area contributed by atoms with Crippen LogP contribution in [0.3, 0.4) is 0 Å². The lowest BCUT2D eigenvalue weighted by molar-refractivity contribution is 0.395. The van der Waals surface area contributed by atoms with Crippen molar-refractivity contribution in [2.24, 2.45) is 10.9 Å². The highest BCUT2D eigenvalue weighted by Gasteiger charge is 2.17. The molecule has 38 heavy (non-hydrogen) atoms. The second-order valence-corrected chi connectivity index (χ2v) is 9.60. The van der Waals surface area contributed by atoms with Gasteiger partial charge in [0.2, 0.25) is 0 Å². The molecule has 0 spiro atoms. The van der Waals surface area contributed by atoms with Gasteiger partial charge in [-0.25, -0.2) is 4.99 Å². The number of ether oxygens (including phenoxy) is 1. The van der Waals surface area contributed by atoms with Crippen molar-refractivity contribution < 1.29 is 9.84 Å². The number of aliphatic hydroxyl groups excluding tert-OH is 1. The normalized spacial score (nSPS) is 16.2. The summed E-state index contributed by atoms with van der Waals surface area (Å²) >= 11 is 6.66. The third kappa shape index (κ3) is 10.9. The van der Waals surface area contributed by atoms with E-state index in [0.29, 0.717) is 30.7 Å². The van der Waals surface area contributed by atoms with Crippen LogP contribution < -0.4 is 5.32 Å². The van der Waals surface area contributed by atoms with E-state index >= 15 is 0 Å². The molecule has 0 radical (unpaired) electrons. The van der Waals surface area contributed by atoms with Crippen molar-refractivity contribution in [3.8, 4) is 0 Å². The van der Waals surface area contributed by atoms with Gasteiger partial charge in [0.15, 0.2) is 0 Å². The predicted molar refractivity (Wildman–Crippen MR) is 167 cm³/mol. The van der Waals surface area contributed by atoms with E-state index in [9.17, 15) is 5.11 Å². The standard InChI is InChI=1S/C30H39ClN2O2.C2H6.CH4/c1-4-6-16-27(18-17-22(3)34)35-30-32-21-26-19-25(28(31)20-29(26)33-30)15-10-14-23(11-5-2)24-12-8-7-9-13-24;1-2;/h6,10-11,14,16,18-20,24,34H,3-5,7-9,12-13,15,17,21H2,1-2H3,(H,32,33);1-2H3;1H4/b14-10-,16-6-,23-11+,27-18+;;. The Morgan fingerprint density at radius 3 is 2.50 bits per heavy atom. The van der Waals surface area contributed by atoms with Crippen LogP contribution in [0.2, 0.25) is 5.02 Å². The van der Waals surface area contributed by atoms with Crippen LogP contribution in [-0.2, 0) is 17.7 Å². The number of benzene rings is 1. The average Bonchev–Trinajstić information content (AvgIpc) is 2.91. The zero-order valence-corrected chi connectivity index (χ0v) is 23.9. The van der Waals surface area contributed by atoms with Gasteiger partial charge >= 0.3 is 0 Å². The molecule has 210 valence electrons. The topological polar surface area (TPSA) is 53.9 Å². The summed E-state index contributed by atoms with van der Waals surface area (Å²) in [5.41, 5.74) is 4.60. The van der Waals surface area contributed by atoms with Gasteiger partial charge in [-0.15, -0.1) is 0 Å². The minimum Gasteiger partial charge on any atom is -0.513 e. The zero-order chi connectivity index (χ0) is 27.0. The first-order valence-corrected chi connectivity index (χ1v) is 14.3. The molecular weight excluding hydrogens is 492 g/mol. The van der Waals surface area contributed by atoms with Crippen molar-refractivity contribution in [2.45, 2.75) is 99.5 Å². The number of aliphatic hydroxyl groups is 1. The number of nitrogens with one attached hydrogen (secondary N) is 1. The summed E-state index contributed by atoms with van der Waals surface area (Å²) in [6.45, 7) is 12.3. The monoisotopic (exact) mass is 540 g/mol.